The quantitative estimate of drug-likeness (QED) is 0.931. The standard InChI is InChI=1S/C18H23N3O2/c1-19-9-5-8-16(19)18(23)21-12-10-20(11-13-21)14-17(22)15-6-3-2-4-7-15/h2-9,17,22H,10-14H2,1H3/t17-/m1/s1. The van der Waals surface area contributed by atoms with E-state index in [0.717, 1.165) is 24.3 Å². The molecule has 1 aromatic carbocycles. The number of aryl methyl sites for hydroxylation is 1. The third kappa shape index (κ3) is 3.63. The highest BCUT2D eigenvalue weighted by Crippen LogP contribution is 2.15. The lowest BCUT2D eigenvalue weighted by Gasteiger charge is -2.35. The third-order valence-electron chi connectivity index (χ3n) is 4.44. The molecule has 1 fully saturated rings. The molecular weight excluding hydrogens is 290 g/mol. The van der Waals surface area contributed by atoms with Gasteiger partial charge in [0.25, 0.3) is 5.91 Å². The average Bonchev–Trinajstić information content (AvgIpc) is 3.02. The van der Waals surface area contributed by atoms with Gasteiger partial charge in [0.2, 0.25) is 0 Å². The number of piperazine rings is 1. The Bertz CT molecular complexity index is 645. The summed E-state index contributed by atoms with van der Waals surface area (Å²) in [5.74, 6) is 0.0840. The minimum Gasteiger partial charge on any atom is -0.387 e. The molecule has 2 aromatic rings. The summed E-state index contributed by atoms with van der Waals surface area (Å²) >= 11 is 0. The molecule has 0 bridgehead atoms. The number of hydrogen-bond donors (Lipinski definition) is 1. The summed E-state index contributed by atoms with van der Waals surface area (Å²) in [5.41, 5.74) is 1.66. The predicted octanol–water partition coefficient (Wildman–Crippen LogP) is 1.52. The van der Waals surface area contributed by atoms with Crippen LogP contribution in [-0.2, 0) is 7.05 Å². The van der Waals surface area contributed by atoms with Crippen molar-refractivity contribution in [2.24, 2.45) is 7.05 Å². The SMILES string of the molecule is Cn1cccc1C(=O)N1CCN(C[C@@H](O)c2ccccc2)CC1. The molecule has 5 nitrogen and oxygen atoms in total. The number of β-amino-alcohol motifs (C(OH)–C–C–N with tert-alkyl or cyclic N) is 1. The largest absolute Gasteiger partial charge is 0.387 e. The lowest BCUT2D eigenvalue weighted by Crippen LogP contribution is -2.49. The van der Waals surface area contributed by atoms with Crippen LogP contribution in [0.4, 0.5) is 0 Å². The summed E-state index contributed by atoms with van der Waals surface area (Å²) in [6, 6.07) is 13.5. The summed E-state index contributed by atoms with van der Waals surface area (Å²) in [5, 5.41) is 10.3. The fraction of sp³-hybridized carbons (Fsp3) is 0.389. The van der Waals surface area contributed by atoms with Crippen molar-refractivity contribution in [3.8, 4) is 0 Å². The molecule has 3 rings (SSSR count). The number of aliphatic hydroxyl groups excluding tert-OH is 1. The van der Waals surface area contributed by atoms with Crippen LogP contribution in [0.15, 0.2) is 48.7 Å². The van der Waals surface area contributed by atoms with E-state index < -0.39 is 6.10 Å². The number of aliphatic hydroxyl groups is 1. The van der Waals surface area contributed by atoms with E-state index in [1.807, 2.05) is 65.2 Å². The molecule has 1 amide bonds. The summed E-state index contributed by atoms with van der Waals surface area (Å²) in [6.45, 7) is 3.59. The fourth-order valence-corrected chi connectivity index (χ4v) is 3.00. The monoisotopic (exact) mass is 313 g/mol. The Hall–Kier alpha value is -2.11. The first-order valence-electron chi connectivity index (χ1n) is 8.01. The summed E-state index contributed by atoms with van der Waals surface area (Å²) in [7, 11) is 1.89. The number of benzene rings is 1. The number of nitrogens with zero attached hydrogens (tertiary/aromatic N) is 3. The molecule has 23 heavy (non-hydrogen) atoms. The van der Waals surface area contributed by atoms with E-state index in [4.69, 9.17) is 0 Å². The number of carbonyl (C=O) groups is 1. The topological polar surface area (TPSA) is 48.7 Å². The third-order valence-corrected chi connectivity index (χ3v) is 4.44. The normalized spacial score (nSPS) is 17.2. The predicted molar refractivity (Wildman–Crippen MR) is 89.2 cm³/mol. The summed E-state index contributed by atoms with van der Waals surface area (Å²) < 4.78 is 1.86. The van der Waals surface area contributed by atoms with E-state index in [-0.39, 0.29) is 5.91 Å². The highest BCUT2D eigenvalue weighted by molar-refractivity contribution is 5.92. The maximum atomic E-state index is 12.5. The van der Waals surface area contributed by atoms with Crippen molar-refractivity contribution in [1.82, 2.24) is 14.4 Å². The van der Waals surface area contributed by atoms with Gasteiger partial charge in [0.1, 0.15) is 5.69 Å². The molecule has 122 valence electrons. The van der Waals surface area contributed by atoms with E-state index in [1.54, 1.807) is 0 Å². The summed E-state index contributed by atoms with van der Waals surface area (Å²) in [6.07, 6.45) is 1.41. The Morgan fingerprint density at radius 2 is 1.78 bits per heavy atom. The Balaban J connectivity index is 1.53. The zero-order chi connectivity index (χ0) is 16.2. The molecule has 0 radical (unpaired) electrons. The van der Waals surface area contributed by atoms with Crippen LogP contribution in [0.3, 0.4) is 0 Å². The molecule has 0 spiro atoms. The first-order valence-corrected chi connectivity index (χ1v) is 8.01. The van der Waals surface area contributed by atoms with Gasteiger partial charge in [-0.3, -0.25) is 9.69 Å². The Morgan fingerprint density at radius 1 is 1.09 bits per heavy atom. The molecular formula is C18H23N3O2. The molecule has 2 heterocycles. The van der Waals surface area contributed by atoms with Crippen LogP contribution < -0.4 is 0 Å². The number of rotatable bonds is 4. The van der Waals surface area contributed by atoms with Crippen molar-refractivity contribution < 1.29 is 9.90 Å². The van der Waals surface area contributed by atoms with Gasteiger partial charge >= 0.3 is 0 Å². The van der Waals surface area contributed by atoms with Gasteiger partial charge in [-0.1, -0.05) is 30.3 Å². The second-order valence-corrected chi connectivity index (χ2v) is 6.02. The van der Waals surface area contributed by atoms with Crippen LogP contribution in [0.5, 0.6) is 0 Å². The number of carbonyl (C=O) groups excluding carboxylic acids is 1. The van der Waals surface area contributed by atoms with E-state index in [0.29, 0.717) is 19.6 Å². The van der Waals surface area contributed by atoms with Crippen molar-refractivity contribution in [2.75, 3.05) is 32.7 Å². The molecule has 0 aliphatic carbocycles. The number of aromatic nitrogens is 1. The average molecular weight is 313 g/mol. The minimum atomic E-state index is -0.480. The van der Waals surface area contributed by atoms with Crippen molar-refractivity contribution in [1.29, 1.82) is 0 Å². The zero-order valence-corrected chi connectivity index (χ0v) is 13.4. The van der Waals surface area contributed by atoms with Crippen LogP contribution in [0, 0.1) is 0 Å². The van der Waals surface area contributed by atoms with E-state index in [1.165, 1.54) is 0 Å². The van der Waals surface area contributed by atoms with Crippen molar-refractivity contribution in [3.05, 3.63) is 59.9 Å². The van der Waals surface area contributed by atoms with Gasteiger partial charge in [0.15, 0.2) is 0 Å². The molecule has 0 saturated carbocycles. The van der Waals surface area contributed by atoms with Crippen LogP contribution in [0.1, 0.15) is 22.2 Å². The molecule has 1 aliphatic heterocycles. The first-order chi connectivity index (χ1) is 11.1. The first kappa shape index (κ1) is 15.8. The van der Waals surface area contributed by atoms with Gasteiger partial charge in [-0.25, -0.2) is 0 Å². The Morgan fingerprint density at radius 3 is 2.39 bits per heavy atom. The summed E-state index contributed by atoms with van der Waals surface area (Å²) in [4.78, 5) is 16.6. The van der Waals surface area contributed by atoms with Crippen LogP contribution in [0.2, 0.25) is 0 Å². The maximum Gasteiger partial charge on any atom is 0.270 e. The van der Waals surface area contributed by atoms with E-state index >= 15 is 0 Å². The smallest absolute Gasteiger partial charge is 0.270 e. The Labute approximate surface area is 136 Å². The number of hydrogen-bond acceptors (Lipinski definition) is 3. The lowest BCUT2D eigenvalue weighted by molar-refractivity contribution is 0.0520. The highest BCUT2D eigenvalue weighted by atomic mass is 16.3. The lowest BCUT2D eigenvalue weighted by atomic mass is 10.1. The van der Waals surface area contributed by atoms with Gasteiger partial charge in [0, 0.05) is 46.0 Å². The van der Waals surface area contributed by atoms with Gasteiger partial charge in [0.05, 0.1) is 6.10 Å². The minimum absolute atomic E-state index is 0.0840. The van der Waals surface area contributed by atoms with Crippen molar-refractivity contribution >= 4 is 5.91 Å². The van der Waals surface area contributed by atoms with Crippen molar-refractivity contribution in [2.45, 2.75) is 6.10 Å². The Kier molecular flexibility index (Phi) is 4.79. The van der Waals surface area contributed by atoms with Crippen LogP contribution in [-0.4, -0.2) is 58.1 Å². The molecule has 1 aromatic heterocycles. The zero-order valence-electron chi connectivity index (χ0n) is 13.4. The van der Waals surface area contributed by atoms with Gasteiger partial charge in [-0.05, 0) is 17.7 Å². The fourth-order valence-electron chi connectivity index (χ4n) is 3.00. The van der Waals surface area contributed by atoms with Gasteiger partial charge < -0.3 is 14.6 Å². The molecule has 1 aliphatic rings. The van der Waals surface area contributed by atoms with Gasteiger partial charge in [-0.2, -0.15) is 0 Å². The second kappa shape index (κ2) is 6.98. The molecule has 5 heteroatoms. The van der Waals surface area contributed by atoms with E-state index in [9.17, 15) is 9.90 Å². The van der Waals surface area contributed by atoms with Crippen molar-refractivity contribution in [3.63, 3.8) is 0 Å². The van der Waals surface area contributed by atoms with Crippen LogP contribution >= 0.6 is 0 Å². The maximum absolute atomic E-state index is 12.5. The van der Waals surface area contributed by atoms with Crippen LogP contribution in [0.25, 0.3) is 0 Å². The molecule has 0 unspecified atom stereocenters. The van der Waals surface area contributed by atoms with Gasteiger partial charge in [-0.15, -0.1) is 0 Å². The highest BCUT2D eigenvalue weighted by Gasteiger charge is 2.24. The molecule has 1 saturated heterocycles. The molecule has 1 N–H and O–H groups in total. The molecule has 1 atom stereocenters. The number of amides is 1. The second-order valence-electron chi connectivity index (χ2n) is 6.02. The van der Waals surface area contributed by atoms with E-state index in [2.05, 4.69) is 4.90 Å².